The van der Waals surface area contributed by atoms with Gasteiger partial charge in [-0.05, 0) is 12.0 Å². The molecule has 0 fully saturated rings. The molecule has 0 bridgehead atoms. The van der Waals surface area contributed by atoms with Crippen molar-refractivity contribution in [2.24, 2.45) is 5.73 Å². The summed E-state index contributed by atoms with van der Waals surface area (Å²) in [6.07, 6.45) is 6.32. The van der Waals surface area contributed by atoms with Crippen molar-refractivity contribution in [2.75, 3.05) is 0 Å². The fraction of sp³-hybridized carbons (Fsp3) is 0.154. The third-order valence-corrected chi connectivity index (χ3v) is 3.46. The van der Waals surface area contributed by atoms with E-state index in [4.69, 9.17) is 5.73 Å². The lowest BCUT2D eigenvalue weighted by Crippen LogP contribution is -2.40. The van der Waals surface area contributed by atoms with E-state index in [1.807, 2.05) is 48.6 Å². The molecule has 0 saturated carbocycles. The van der Waals surface area contributed by atoms with Crippen molar-refractivity contribution in [3.8, 4) is 0 Å². The highest BCUT2D eigenvalue weighted by Crippen LogP contribution is 2.34. The number of amides is 1. The van der Waals surface area contributed by atoms with Crippen LogP contribution in [0.5, 0.6) is 0 Å². The maximum Gasteiger partial charge on any atom is 0.232 e. The molecule has 16 heavy (non-hydrogen) atoms. The predicted molar refractivity (Wildman–Crippen MR) is 68.1 cm³/mol. The summed E-state index contributed by atoms with van der Waals surface area (Å²) in [4.78, 5) is 11.7. The fourth-order valence-corrected chi connectivity index (χ4v) is 2.19. The Bertz CT molecular complexity index is 464. The molecule has 0 spiro atoms. The van der Waals surface area contributed by atoms with Gasteiger partial charge < -0.3 is 5.73 Å². The topological polar surface area (TPSA) is 43.1 Å². The van der Waals surface area contributed by atoms with Gasteiger partial charge in [0.05, 0.1) is 5.41 Å². The maximum absolute atomic E-state index is 11.7. The minimum Gasteiger partial charge on any atom is -0.369 e. The highest BCUT2D eigenvalue weighted by atomic mass is 79.9. The van der Waals surface area contributed by atoms with Crippen molar-refractivity contribution >= 4 is 21.8 Å². The first kappa shape index (κ1) is 11.1. The van der Waals surface area contributed by atoms with Gasteiger partial charge in [-0.1, -0.05) is 64.5 Å². The molecule has 1 aromatic rings. The van der Waals surface area contributed by atoms with Gasteiger partial charge in [0.2, 0.25) is 5.91 Å². The van der Waals surface area contributed by atoms with Gasteiger partial charge in [0.15, 0.2) is 0 Å². The molecular weight excluding hydrogens is 266 g/mol. The van der Waals surface area contributed by atoms with Crippen LogP contribution in [0.3, 0.4) is 0 Å². The minimum atomic E-state index is -0.696. The number of benzene rings is 1. The summed E-state index contributed by atoms with van der Waals surface area (Å²) in [6.45, 7) is 0. The van der Waals surface area contributed by atoms with E-state index in [1.165, 1.54) is 0 Å². The van der Waals surface area contributed by atoms with E-state index in [1.54, 1.807) is 0 Å². The summed E-state index contributed by atoms with van der Waals surface area (Å²) in [5.41, 5.74) is 5.79. The van der Waals surface area contributed by atoms with Crippen molar-refractivity contribution in [2.45, 2.75) is 11.8 Å². The molecule has 0 saturated heterocycles. The Balaban J connectivity index is 2.47. The molecule has 2 rings (SSSR count). The lowest BCUT2D eigenvalue weighted by molar-refractivity contribution is -0.121. The molecule has 1 aliphatic rings. The van der Waals surface area contributed by atoms with E-state index < -0.39 is 5.41 Å². The van der Waals surface area contributed by atoms with Crippen LogP contribution in [-0.4, -0.2) is 5.91 Å². The van der Waals surface area contributed by atoms with Crippen LogP contribution in [-0.2, 0) is 10.2 Å². The van der Waals surface area contributed by atoms with Crippen molar-refractivity contribution in [3.05, 3.63) is 58.6 Å². The second kappa shape index (κ2) is 4.26. The number of halogens is 1. The summed E-state index contributed by atoms with van der Waals surface area (Å²) in [6, 6.07) is 9.63. The molecule has 3 heteroatoms. The van der Waals surface area contributed by atoms with E-state index in [9.17, 15) is 4.79 Å². The molecule has 0 radical (unpaired) electrons. The predicted octanol–water partition coefficient (Wildman–Crippen LogP) is 2.65. The van der Waals surface area contributed by atoms with Crippen LogP contribution >= 0.6 is 15.9 Å². The molecule has 1 aliphatic carbocycles. The molecule has 1 atom stereocenters. The van der Waals surface area contributed by atoms with Crippen LogP contribution in [0.2, 0.25) is 0 Å². The Hall–Kier alpha value is -1.35. The normalized spacial score (nSPS) is 23.9. The lowest BCUT2D eigenvalue weighted by atomic mass is 9.75. The number of hydrogen-bond donors (Lipinski definition) is 1. The van der Waals surface area contributed by atoms with Crippen LogP contribution in [0.15, 0.2) is 53.0 Å². The third-order valence-electron chi connectivity index (χ3n) is 2.87. The number of allylic oxidation sites excluding steroid dienone is 3. The van der Waals surface area contributed by atoms with Gasteiger partial charge in [-0.25, -0.2) is 0 Å². The number of rotatable bonds is 2. The molecule has 1 aromatic carbocycles. The maximum atomic E-state index is 11.7. The largest absolute Gasteiger partial charge is 0.369 e. The first-order chi connectivity index (χ1) is 7.65. The minimum absolute atomic E-state index is 0.314. The molecule has 1 amide bonds. The first-order valence-electron chi connectivity index (χ1n) is 5.05. The third kappa shape index (κ3) is 1.83. The molecule has 0 heterocycles. The standard InChI is InChI=1S/C13H12BrNO/c14-11-6-8-13(9-7-11,12(15)16)10-4-2-1-3-5-10/h1-8H,9H2,(H2,15,16). The zero-order chi connectivity index (χ0) is 11.6. The molecule has 0 aromatic heterocycles. The highest BCUT2D eigenvalue weighted by Gasteiger charge is 2.36. The second-order valence-electron chi connectivity index (χ2n) is 3.83. The van der Waals surface area contributed by atoms with Gasteiger partial charge in [-0.2, -0.15) is 0 Å². The van der Waals surface area contributed by atoms with Crippen molar-refractivity contribution < 1.29 is 4.79 Å². The average molecular weight is 278 g/mol. The van der Waals surface area contributed by atoms with E-state index in [2.05, 4.69) is 15.9 Å². The summed E-state index contributed by atoms with van der Waals surface area (Å²) in [7, 11) is 0. The van der Waals surface area contributed by atoms with Crippen LogP contribution in [0.1, 0.15) is 12.0 Å². The summed E-state index contributed by atoms with van der Waals surface area (Å²) >= 11 is 3.38. The number of carbonyl (C=O) groups is 1. The summed E-state index contributed by atoms with van der Waals surface area (Å²) in [5.74, 6) is -0.314. The van der Waals surface area contributed by atoms with Gasteiger partial charge in [-0.15, -0.1) is 0 Å². The Morgan fingerprint density at radius 3 is 2.50 bits per heavy atom. The zero-order valence-corrected chi connectivity index (χ0v) is 10.3. The van der Waals surface area contributed by atoms with E-state index in [0.717, 1.165) is 10.0 Å². The van der Waals surface area contributed by atoms with E-state index >= 15 is 0 Å². The number of primary amides is 1. The van der Waals surface area contributed by atoms with Crippen molar-refractivity contribution in [3.63, 3.8) is 0 Å². The Morgan fingerprint density at radius 2 is 2.00 bits per heavy atom. The van der Waals surface area contributed by atoms with Crippen LogP contribution in [0.4, 0.5) is 0 Å². The van der Waals surface area contributed by atoms with Crippen molar-refractivity contribution in [1.82, 2.24) is 0 Å². The number of hydrogen-bond acceptors (Lipinski definition) is 1. The zero-order valence-electron chi connectivity index (χ0n) is 8.69. The molecule has 0 aliphatic heterocycles. The van der Waals surface area contributed by atoms with Gasteiger partial charge in [0.1, 0.15) is 0 Å². The Kier molecular flexibility index (Phi) is 2.97. The van der Waals surface area contributed by atoms with Crippen LogP contribution in [0, 0.1) is 0 Å². The number of carbonyl (C=O) groups excluding carboxylic acids is 1. The van der Waals surface area contributed by atoms with E-state index in [-0.39, 0.29) is 5.91 Å². The summed E-state index contributed by atoms with van der Waals surface area (Å²) < 4.78 is 0.986. The Labute approximate surface area is 103 Å². The molecule has 1 unspecified atom stereocenters. The van der Waals surface area contributed by atoms with E-state index in [0.29, 0.717) is 6.42 Å². The Morgan fingerprint density at radius 1 is 1.31 bits per heavy atom. The molecular formula is C13H12BrNO. The fourth-order valence-electron chi connectivity index (χ4n) is 1.89. The SMILES string of the molecule is NC(=O)C1(c2ccccc2)C=CC(Br)=CC1. The second-order valence-corrected chi connectivity index (χ2v) is 4.74. The average Bonchev–Trinajstić information content (AvgIpc) is 2.31. The monoisotopic (exact) mass is 277 g/mol. The van der Waals surface area contributed by atoms with Gasteiger partial charge in [0, 0.05) is 4.48 Å². The first-order valence-corrected chi connectivity index (χ1v) is 5.85. The number of nitrogens with two attached hydrogens (primary N) is 1. The van der Waals surface area contributed by atoms with Crippen molar-refractivity contribution in [1.29, 1.82) is 0 Å². The van der Waals surface area contributed by atoms with Gasteiger partial charge in [0.25, 0.3) is 0 Å². The van der Waals surface area contributed by atoms with Gasteiger partial charge in [-0.3, -0.25) is 4.79 Å². The van der Waals surface area contributed by atoms with Crippen LogP contribution < -0.4 is 5.73 Å². The highest BCUT2D eigenvalue weighted by molar-refractivity contribution is 9.11. The molecule has 82 valence electrons. The smallest absolute Gasteiger partial charge is 0.232 e. The quantitative estimate of drug-likeness (QED) is 0.888. The molecule has 2 N–H and O–H groups in total. The lowest BCUT2D eigenvalue weighted by Gasteiger charge is -2.28. The summed E-state index contributed by atoms with van der Waals surface area (Å²) in [5, 5.41) is 0. The van der Waals surface area contributed by atoms with Crippen LogP contribution in [0.25, 0.3) is 0 Å². The molecule has 2 nitrogen and oxygen atoms in total. The van der Waals surface area contributed by atoms with Gasteiger partial charge >= 0.3 is 0 Å².